The topological polar surface area (TPSA) is 58.4 Å². The van der Waals surface area contributed by atoms with Crippen molar-refractivity contribution in [1.82, 2.24) is 5.32 Å². The molecule has 0 spiro atoms. The van der Waals surface area contributed by atoms with E-state index < -0.39 is 12.7 Å². The van der Waals surface area contributed by atoms with E-state index in [0.29, 0.717) is 0 Å². The Labute approximate surface area is 109 Å². The number of hydrogen-bond donors (Lipinski definition) is 2. The Kier molecular flexibility index (Phi) is 4.63. The largest absolute Gasteiger partial charge is 0.405 e. The van der Waals surface area contributed by atoms with Crippen LogP contribution in [0.2, 0.25) is 0 Å². The van der Waals surface area contributed by atoms with E-state index in [-0.39, 0.29) is 29.4 Å². The molecule has 0 aromatic heterocycles. The van der Waals surface area contributed by atoms with E-state index >= 15 is 0 Å². The summed E-state index contributed by atoms with van der Waals surface area (Å²) in [4.78, 5) is 12.6. The summed E-state index contributed by atoms with van der Waals surface area (Å²) < 4.78 is 37.4. The first-order chi connectivity index (χ1) is 8.78. The minimum absolute atomic E-state index is 0.140. The van der Waals surface area contributed by atoms with Gasteiger partial charge in [0.25, 0.3) is 5.91 Å². The maximum atomic E-state index is 12.5. The van der Waals surface area contributed by atoms with Crippen LogP contribution in [-0.4, -0.2) is 32.2 Å². The highest BCUT2D eigenvalue weighted by atomic mass is 19.4. The summed E-state index contributed by atoms with van der Waals surface area (Å²) in [6.07, 6.45) is -4.33. The Morgan fingerprint density at radius 3 is 2.53 bits per heavy atom. The van der Waals surface area contributed by atoms with Crippen molar-refractivity contribution in [2.75, 3.05) is 30.8 Å². The molecule has 0 heterocycles. The standard InChI is InChI=1S/C12H16F3N3O/c1-3-18(7-12(13,14)15)10-6-8(11(19)17-2)4-5-9(10)16/h4-6H,3,7,16H2,1-2H3,(H,17,19). The lowest BCUT2D eigenvalue weighted by molar-refractivity contribution is -0.119. The first-order valence-corrected chi connectivity index (χ1v) is 5.71. The second-order valence-corrected chi connectivity index (χ2v) is 3.98. The summed E-state index contributed by atoms with van der Waals surface area (Å²) in [6, 6.07) is 4.27. The van der Waals surface area contributed by atoms with E-state index in [1.807, 2.05) is 0 Å². The number of nitrogens with zero attached hydrogens (tertiary/aromatic N) is 1. The first-order valence-electron chi connectivity index (χ1n) is 5.71. The van der Waals surface area contributed by atoms with Gasteiger partial charge in [0, 0.05) is 19.2 Å². The number of anilines is 2. The second kappa shape index (κ2) is 5.81. The summed E-state index contributed by atoms with van der Waals surface area (Å²) in [6.45, 7) is 0.629. The van der Waals surface area contributed by atoms with Crippen LogP contribution < -0.4 is 16.0 Å². The Morgan fingerprint density at radius 1 is 1.42 bits per heavy atom. The second-order valence-electron chi connectivity index (χ2n) is 3.98. The smallest absolute Gasteiger partial charge is 0.397 e. The molecule has 1 aromatic carbocycles. The van der Waals surface area contributed by atoms with Gasteiger partial charge in [-0.1, -0.05) is 0 Å². The van der Waals surface area contributed by atoms with Gasteiger partial charge in [0.15, 0.2) is 0 Å². The molecule has 0 aliphatic carbocycles. The average molecular weight is 275 g/mol. The quantitative estimate of drug-likeness (QED) is 0.826. The number of alkyl halides is 3. The van der Waals surface area contributed by atoms with Gasteiger partial charge in [-0.25, -0.2) is 0 Å². The van der Waals surface area contributed by atoms with E-state index in [0.717, 1.165) is 4.90 Å². The highest BCUT2D eigenvalue weighted by molar-refractivity contribution is 5.96. The Hall–Kier alpha value is -1.92. The molecule has 4 nitrogen and oxygen atoms in total. The molecule has 0 radical (unpaired) electrons. The first kappa shape index (κ1) is 15.1. The summed E-state index contributed by atoms with van der Waals surface area (Å²) >= 11 is 0. The third-order valence-corrected chi connectivity index (χ3v) is 2.61. The van der Waals surface area contributed by atoms with Gasteiger partial charge in [0.1, 0.15) is 6.54 Å². The highest BCUT2D eigenvalue weighted by Crippen LogP contribution is 2.28. The van der Waals surface area contributed by atoms with Gasteiger partial charge in [0.05, 0.1) is 11.4 Å². The zero-order chi connectivity index (χ0) is 14.6. The summed E-state index contributed by atoms with van der Waals surface area (Å²) in [5.41, 5.74) is 6.37. The molecule has 0 saturated heterocycles. The van der Waals surface area contributed by atoms with E-state index in [9.17, 15) is 18.0 Å². The molecule has 1 amide bonds. The molecule has 0 unspecified atom stereocenters. The van der Waals surface area contributed by atoms with Crippen LogP contribution in [0.4, 0.5) is 24.5 Å². The van der Waals surface area contributed by atoms with Crippen molar-refractivity contribution in [1.29, 1.82) is 0 Å². The van der Waals surface area contributed by atoms with Gasteiger partial charge in [0.2, 0.25) is 0 Å². The van der Waals surface area contributed by atoms with Crippen molar-refractivity contribution in [3.8, 4) is 0 Å². The van der Waals surface area contributed by atoms with Crippen molar-refractivity contribution in [2.24, 2.45) is 0 Å². The number of carbonyl (C=O) groups is 1. The van der Waals surface area contributed by atoms with E-state index in [2.05, 4.69) is 5.32 Å². The minimum Gasteiger partial charge on any atom is -0.397 e. The number of halogens is 3. The Morgan fingerprint density at radius 2 is 2.05 bits per heavy atom. The molecule has 0 aliphatic rings. The number of carbonyl (C=O) groups excluding carboxylic acids is 1. The summed E-state index contributed by atoms with van der Waals surface area (Å²) in [5, 5.41) is 2.41. The van der Waals surface area contributed by atoms with Crippen LogP contribution in [0, 0.1) is 0 Å². The number of nitrogen functional groups attached to an aromatic ring is 1. The fourth-order valence-electron chi connectivity index (χ4n) is 1.69. The van der Waals surface area contributed by atoms with Crippen molar-refractivity contribution in [3.63, 3.8) is 0 Å². The van der Waals surface area contributed by atoms with Crippen molar-refractivity contribution in [3.05, 3.63) is 23.8 Å². The predicted molar refractivity (Wildman–Crippen MR) is 68.2 cm³/mol. The number of nitrogens with two attached hydrogens (primary N) is 1. The number of hydrogen-bond acceptors (Lipinski definition) is 3. The molecule has 7 heteroatoms. The minimum atomic E-state index is -4.33. The highest BCUT2D eigenvalue weighted by Gasteiger charge is 2.31. The molecule has 0 atom stereocenters. The fourth-order valence-corrected chi connectivity index (χ4v) is 1.69. The lowest BCUT2D eigenvalue weighted by atomic mass is 10.1. The number of nitrogens with one attached hydrogen (secondary N) is 1. The van der Waals surface area contributed by atoms with Crippen LogP contribution in [0.25, 0.3) is 0 Å². The van der Waals surface area contributed by atoms with Gasteiger partial charge in [-0.15, -0.1) is 0 Å². The number of amides is 1. The zero-order valence-corrected chi connectivity index (χ0v) is 10.7. The summed E-state index contributed by atoms with van der Waals surface area (Å²) in [7, 11) is 1.45. The van der Waals surface area contributed by atoms with E-state index in [1.165, 1.54) is 25.2 Å². The van der Waals surface area contributed by atoms with Crippen molar-refractivity contribution in [2.45, 2.75) is 13.1 Å². The lowest BCUT2D eigenvalue weighted by Crippen LogP contribution is -2.34. The molecule has 19 heavy (non-hydrogen) atoms. The van der Waals surface area contributed by atoms with Crippen molar-refractivity contribution >= 4 is 17.3 Å². The average Bonchev–Trinajstić information content (AvgIpc) is 2.34. The molecule has 0 bridgehead atoms. The van der Waals surface area contributed by atoms with Gasteiger partial charge in [-0.2, -0.15) is 13.2 Å². The fraction of sp³-hybridized carbons (Fsp3) is 0.417. The van der Waals surface area contributed by atoms with Crippen LogP contribution in [0.3, 0.4) is 0 Å². The Bertz CT molecular complexity index is 460. The third kappa shape index (κ3) is 4.04. The van der Waals surface area contributed by atoms with E-state index in [1.54, 1.807) is 6.92 Å². The molecule has 1 aromatic rings. The van der Waals surface area contributed by atoms with Crippen LogP contribution in [0.15, 0.2) is 18.2 Å². The third-order valence-electron chi connectivity index (χ3n) is 2.61. The van der Waals surface area contributed by atoms with Crippen molar-refractivity contribution < 1.29 is 18.0 Å². The van der Waals surface area contributed by atoms with E-state index in [4.69, 9.17) is 5.73 Å². The normalized spacial score (nSPS) is 11.2. The molecule has 0 fully saturated rings. The Balaban J connectivity index is 3.12. The van der Waals surface area contributed by atoms with Crippen LogP contribution >= 0.6 is 0 Å². The van der Waals surface area contributed by atoms with Gasteiger partial charge in [-0.3, -0.25) is 4.79 Å². The number of benzene rings is 1. The SMILES string of the molecule is CCN(CC(F)(F)F)c1cc(C(=O)NC)ccc1N. The van der Waals surface area contributed by atoms with Gasteiger partial charge >= 0.3 is 6.18 Å². The number of rotatable bonds is 4. The molecular formula is C12H16F3N3O. The monoisotopic (exact) mass is 275 g/mol. The van der Waals surface area contributed by atoms with Crippen LogP contribution in [0.5, 0.6) is 0 Å². The predicted octanol–water partition coefficient (Wildman–Crippen LogP) is 2.02. The maximum Gasteiger partial charge on any atom is 0.405 e. The molecule has 1 rings (SSSR count). The molecular weight excluding hydrogens is 259 g/mol. The summed E-state index contributed by atoms with van der Waals surface area (Å²) in [5.74, 6) is -0.371. The zero-order valence-electron chi connectivity index (χ0n) is 10.7. The van der Waals surface area contributed by atoms with Crippen LogP contribution in [-0.2, 0) is 0 Å². The van der Waals surface area contributed by atoms with Crippen LogP contribution in [0.1, 0.15) is 17.3 Å². The molecule has 106 valence electrons. The van der Waals surface area contributed by atoms with Gasteiger partial charge < -0.3 is 16.0 Å². The molecule has 0 saturated carbocycles. The lowest BCUT2D eigenvalue weighted by Gasteiger charge is -2.26. The molecule has 0 aliphatic heterocycles. The maximum absolute atomic E-state index is 12.5. The van der Waals surface area contributed by atoms with Gasteiger partial charge in [-0.05, 0) is 25.1 Å². The molecule has 3 N–H and O–H groups in total.